The molecule has 0 spiro atoms. The van der Waals surface area contributed by atoms with E-state index in [-0.39, 0.29) is 35.1 Å². The molecule has 1 aliphatic heterocycles. The van der Waals surface area contributed by atoms with Crippen molar-refractivity contribution in [3.63, 3.8) is 0 Å². The second kappa shape index (κ2) is 7.15. The summed E-state index contributed by atoms with van der Waals surface area (Å²) in [5.41, 5.74) is 6.14. The van der Waals surface area contributed by atoms with Gasteiger partial charge in [0.1, 0.15) is 11.6 Å². The number of likely N-dealkylation sites (tertiary alicyclic amines) is 1. The van der Waals surface area contributed by atoms with Gasteiger partial charge >= 0.3 is 0 Å². The van der Waals surface area contributed by atoms with E-state index >= 15 is 0 Å². The fourth-order valence-corrected chi connectivity index (χ4v) is 3.20. The molecular weight excluding hydrogens is 340 g/mol. The van der Waals surface area contributed by atoms with Gasteiger partial charge in [0.05, 0.1) is 11.8 Å². The van der Waals surface area contributed by atoms with Crippen LogP contribution in [-0.4, -0.2) is 34.9 Å². The highest BCUT2D eigenvalue weighted by molar-refractivity contribution is 5.76. The van der Waals surface area contributed by atoms with Crippen LogP contribution in [0, 0.1) is 17.0 Å². The lowest BCUT2D eigenvalue weighted by molar-refractivity contribution is -0.134. The zero-order chi connectivity index (χ0) is 18.9. The van der Waals surface area contributed by atoms with Gasteiger partial charge in [-0.2, -0.15) is 0 Å². The Kier molecular flexibility index (Phi) is 5.09. The summed E-state index contributed by atoms with van der Waals surface area (Å²) in [5, 5.41) is 0. The van der Waals surface area contributed by atoms with Gasteiger partial charge in [-0.3, -0.25) is 4.79 Å². The Morgan fingerprint density at radius 1 is 1.42 bits per heavy atom. The lowest BCUT2D eigenvalue weighted by Crippen LogP contribution is -2.54. The number of hydrogen-bond donors (Lipinski definition) is 1. The molecule has 26 heavy (non-hydrogen) atoms. The molecule has 0 bridgehead atoms. The Bertz CT molecular complexity index is 804. The van der Waals surface area contributed by atoms with E-state index in [1.807, 2.05) is 4.90 Å². The highest BCUT2D eigenvalue weighted by Crippen LogP contribution is 2.28. The van der Waals surface area contributed by atoms with Gasteiger partial charge in [0.15, 0.2) is 11.7 Å². The highest BCUT2D eigenvalue weighted by atomic mass is 19.1. The van der Waals surface area contributed by atoms with E-state index in [9.17, 15) is 13.6 Å². The first-order chi connectivity index (χ1) is 12.3. The molecule has 0 radical (unpaired) electrons. The molecule has 1 atom stereocenters. The number of nitrogens with two attached hydrogens (primary N) is 1. The Morgan fingerprint density at radius 2 is 2.19 bits per heavy atom. The van der Waals surface area contributed by atoms with Crippen molar-refractivity contribution in [1.29, 1.82) is 0 Å². The van der Waals surface area contributed by atoms with E-state index in [0.717, 1.165) is 18.6 Å². The number of carbonyl (C=O) groups is 1. The number of benzene rings is 1. The molecule has 1 unspecified atom stereocenters. The monoisotopic (exact) mass is 363 g/mol. The molecule has 2 N–H and O–H groups in total. The maximum atomic E-state index is 13.8. The number of hydrogen-bond acceptors (Lipinski definition) is 4. The summed E-state index contributed by atoms with van der Waals surface area (Å²) < 4.78 is 32.3. The van der Waals surface area contributed by atoms with Crippen LogP contribution in [0.15, 0.2) is 28.8 Å². The summed E-state index contributed by atoms with van der Waals surface area (Å²) in [6, 6.07) is 3.35. The molecule has 7 heteroatoms. The number of piperidine rings is 1. The molecule has 3 rings (SSSR count). The maximum absolute atomic E-state index is 13.8. The standard InChI is InChI=1S/C19H23F2N3O2/c1-19(2)11-24(8-7-16(19)22)18(25)6-5-17-23-10-15(26-17)13-4-3-12(20)9-14(13)21/h3-4,9-10,16H,5-8,11,22H2,1-2H3. The second-order valence-electron chi connectivity index (χ2n) is 7.44. The summed E-state index contributed by atoms with van der Waals surface area (Å²) in [7, 11) is 0. The molecule has 1 amide bonds. The van der Waals surface area contributed by atoms with Gasteiger partial charge in [-0.25, -0.2) is 13.8 Å². The lowest BCUT2D eigenvalue weighted by atomic mass is 9.79. The van der Waals surface area contributed by atoms with Crippen LogP contribution in [0.5, 0.6) is 0 Å². The Hall–Kier alpha value is -2.28. The minimum atomic E-state index is -0.712. The van der Waals surface area contributed by atoms with Crippen molar-refractivity contribution in [3.8, 4) is 11.3 Å². The highest BCUT2D eigenvalue weighted by Gasteiger charge is 2.35. The van der Waals surface area contributed by atoms with Crippen LogP contribution in [-0.2, 0) is 11.2 Å². The first-order valence-electron chi connectivity index (χ1n) is 8.70. The zero-order valence-electron chi connectivity index (χ0n) is 15.0. The fraction of sp³-hybridized carbons (Fsp3) is 0.474. The molecule has 140 valence electrons. The Labute approximate surface area is 151 Å². The van der Waals surface area contributed by atoms with Gasteiger partial charge in [-0.1, -0.05) is 13.8 Å². The predicted molar refractivity (Wildman–Crippen MR) is 93.1 cm³/mol. The lowest BCUT2D eigenvalue weighted by Gasteiger charge is -2.42. The van der Waals surface area contributed by atoms with Crippen LogP contribution in [0.4, 0.5) is 8.78 Å². The van der Waals surface area contributed by atoms with Crippen LogP contribution in [0.2, 0.25) is 0 Å². The second-order valence-corrected chi connectivity index (χ2v) is 7.44. The van der Waals surface area contributed by atoms with E-state index in [1.54, 1.807) is 0 Å². The van der Waals surface area contributed by atoms with Crippen molar-refractivity contribution in [1.82, 2.24) is 9.88 Å². The van der Waals surface area contributed by atoms with Crippen LogP contribution in [0.25, 0.3) is 11.3 Å². The molecule has 0 aliphatic carbocycles. The van der Waals surface area contributed by atoms with Crippen LogP contribution in [0.1, 0.15) is 32.6 Å². The van der Waals surface area contributed by atoms with E-state index in [0.29, 0.717) is 25.4 Å². The van der Waals surface area contributed by atoms with Crippen LogP contribution < -0.4 is 5.73 Å². The van der Waals surface area contributed by atoms with Crippen molar-refractivity contribution in [3.05, 3.63) is 41.9 Å². The summed E-state index contributed by atoms with van der Waals surface area (Å²) in [6.45, 7) is 5.41. The third-order valence-corrected chi connectivity index (χ3v) is 4.97. The van der Waals surface area contributed by atoms with E-state index < -0.39 is 11.6 Å². The molecule has 1 aliphatic rings. The molecule has 2 aromatic rings. The molecular formula is C19H23F2N3O2. The van der Waals surface area contributed by atoms with Gasteiger partial charge in [0, 0.05) is 38.0 Å². The first kappa shape index (κ1) is 18.5. The molecule has 5 nitrogen and oxygen atoms in total. The average Bonchev–Trinajstić information content (AvgIpc) is 3.03. The number of rotatable bonds is 4. The van der Waals surface area contributed by atoms with Gasteiger partial charge in [0.2, 0.25) is 5.91 Å². The smallest absolute Gasteiger partial charge is 0.223 e. The van der Waals surface area contributed by atoms with E-state index in [1.165, 1.54) is 12.3 Å². The number of amides is 1. The van der Waals surface area contributed by atoms with Crippen molar-refractivity contribution in [2.24, 2.45) is 11.1 Å². The van der Waals surface area contributed by atoms with Crippen molar-refractivity contribution in [2.45, 2.75) is 39.2 Å². The molecule has 1 aromatic heterocycles. The van der Waals surface area contributed by atoms with Crippen molar-refractivity contribution in [2.75, 3.05) is 13.1 Å². The Balaban J connectivity index is 1.60. The SMILES string of the molecule is CC1(C)CN(C(=O)CCc2ncc(-c3ccc(F)cc3F)o2)CCC1N. The summed E-state index contributed by atoms with van der Waals surface area (Å²) in [6.07, 6.45) is 2.76. The third kappa shape index (κ3) is 3.93. The topological polar surface area (TPSA) is 72.4 Å². The predicted octanol–water partition coefficient (Wildman–Crippen LogP) is 3.14. The summed E-state index contributed by atoms with van der Waals surface area (Å²) >= 11 is 0. The summed E-state index contributed by atoms with van der Waals surface area (Å²) in [5.74, 6) is -0.769. The first-order valence-corrected chi connectivity index (χ1v) is 8.70. The van der Waals surface area contributed by atoms with Gasteiger partial charge in [-0.05, 0) is 24.0 Å². The average molecular weight is 363 g/mol. The van der Waals surface area contributed by atoms with Crippen molar-refractivity contribution < 1.29 is 18.0 Å². The molecule has 2 heterocycles. The number of aromatic nitrogens is 1. The fourth-order valence-electron chi connectivity index (χ4n) is 3.20. The van der Waals surface area contributed by atoms with Crippen LogP contribution in [0.3, 0.4) is 0 Å². The van der Waals surface area contributed by atoms with E-state index in [4.69, 9.17) is 10.2 Å². The number of aryl methyl sites for hydroxylation is 1. The minimum Gasteiger partial charge on any atom is -0.441 e. The number of carbonyl (C=O) groups excluding carboxylic acids is 1. The molecule has 1 aromatic carbocycles. The number of halogens is 2. The minimum absolute atomic E-state index is 0.0256. The normalized spacial score (nSPS) is 19.6. The number of nitrogens with zero attached hydrogens (tertiary/aromatic N) is 2. The zero-order valence-corrected chi connectivity index (χ0v) is 15.0. The number of oxazole rings is 1. The maximum Gasteiger partial charge on any atom is 0.223 e. The molecule has 0 saturated carbocycles. The van der Waals surface area contributed by atoms with Crippen molar-refractivity contribution >= 4 is 5.91 Å². The van der Waals surface area contributed by atoms with Crippen LogP contribution >= 0.6 is 0 Å². The van der Waals surface area contributed by atoms with E-state index in [2.05, 4.69) is 18.8 Å². The third-order valence-electron chi connectivity index (χ3n) is 4.97. The van der Waals surface area contributed by atoms with Gasteiger partial charge < -0.3 is 15.1 Å². The summed E-state index contributed by atoms with van der Waals surface area (Å²) in [4.78, 5) is 18.4. The quantitative estimate of drug-likeness (QED) is 0.906. The Morgan fingerprint density at radius 3 is 2.88 bits per heavy atom. The molecule has 1 fully saturated rings. The van der Waals surface area contributed by atoms with Gasteiger partial charge in [-0.15, -0.1) is 0 Å². The molecule has 1 saturated heterocycles. The largest absolute Gasteiger partial charge is 0.441 e. The van der Waals surface area contributed by atoms with Gasteiger partial charge in [0.25, 0.3) is 0 Å².